The van der Waals surface area contributed by atoms with Crippen LogP contribution in [0.2, 0.25) is 0 Å². The Balaban J connectivity index is 2.31. The van der Waals surface area contributed by atoms with Gasteiger partial charge in [0.2, 0.25) is 0 Å². The number of hydrogen-bond acceptors (Lipinski definition) is 3. The van der Waals surface area contributed by atoms with Gasteiger partial charge < -0.3 is 4.57 Å². The third-order valence-corrected chi connectivity index (χ3v) is 3.87. The third kappa shape index (κ3) is 1.91. The maximum absolute atomic E-state index is 12.4. The zero-order valence-electron chi connectivity index (χ0n) is 12.1. The van der Waals surface area contributed by atoms with Crippen LogP contribution in [0, 0.1) is 0 Å². The second kappa shape index (κ2) is 4.73. The first kappa shape index (κ1) is 13.4. The van der Waals surface area contributed by atoms with Gasteiger partial charge in [-0.3, -0.25) is 13.9 Å². The van der Waals surface area contributed by atoms with E-state index in [1.807, 2.05) is 41.8 Å². The molecule has 2 heterocycles. The van der Waals surface area contributed by atoms with E-state index in [1.165, 1.54) is 11.6 Å². The fraction of sp³-hybridized carbons (Fsp3) is 0.267. The molecule has 0 radical (unpaired) electrons. The van der Waals surface area contributed by atoms with Crippen molar-refractivity contribution in [2.75, 3.05) is 0 Å². The van der Waals surface area contributed by atoms with Crippen LogP contribution in [0.15, 0.2) is 46.2 Å². The Morgan fingerprint density at radius 2 is 1.71 bits per heavy atom. The second-order valence-corrected chi connectivity index (χ2v) is 5.12. The fourth-order valence-electron chi connectivity index (χ4n) is 2.55. The Kier molecular flexibility index (Phi) is 3.01. The molecule has 108 valence electrons. The number of imidazole rings is 1. The summed E-state index contributed by atoms with van der Waals surface area (Å²) >= 11 is 0. The maximum atomic E-state index is 12.4. The molecule has 0 aliphatic heterocycles. The van der Waals surface area contributed by atoms with E-state index < -0.39 is 0 Å². The Hall–Kier alpha value is -2.63. The van der Waals surface area contributed by atoms with Crippen LogP contribution in [0.4, 0.5) is 0 Å². The number of fused-ring (bicyclic) bond motifs is 1. The molecular weight excluding hydrogens is 268 g/mol. The molecule has 0 aliphatic rings. The molecule has 0 bridgehead atoms. The largest absolute Gasteiger partial charge is 0.332 e. The minimum atomic E-state index is -0.370. The van der Waals surface area contributed by atoms with Gasteiger partial charge in [0.15, 0.2) is 11.2 Å². The molecule has 1 atom stereocenters. The van der Waals surface area contributed by atoms with E-state index in [1.54, 1.807) is 13.4 Å². The normalized spacial score (nSPS) is 12.7. The van der Waals surface area contributed by atoms with Gasteiger partial charge in [0.1, 0.15) is 0 Å². The van der Waals surface area contributed by atoms with Crippen LogP contribution < -0.4 is 11.2 Å². The molecule has 0 amide bonds. The van der Waals surface area contributed by atoms with Crippen LogP contribution in [0.5, 0.6) is 0 Å². The average Bonchev–Trinajstić information content (AvgIpc) is 2.96. The lowest BCUT2D eigenvalue weighted by atomic mass is 10.1. The SMILES string of the molecule is CC(c1ccccc1)n1cnc2c1c(=O)n(C)c(=O)n2C. The monoisotopic (exact) mass is 284 g/mol. The van der Waals surface area contributed by atoms with Crippen molar-refractivity contribution in [1.82, 2.24) is 18.7 Å². The third-order valence-electron chi connectivity index (χ3n) is 3.87. The van der Waals surface area contributed by atoms with Gasteiger partial charge in [-0.15, -0.1) is 0 Å². The summed E-state index contributed by atoms with van der Waals surface area (Å²) in [6.45, 7) is 2.00. The van der Waals surface area contributed by atoms with Gasteiger partial charge in [0.25, 0.3) is 5.56 Å². The predicted molar refractivity (Wildman–Crippen MR) is 80.5 cm³/mol. The summed E-state index contributed by atoms with van der Waals surface area (Å²) in [6, 6.07) is 9.83. The molecule has 6 heteroatoms. The molecule has 21 heavy (non-hydrogen) atoms. The van der Waals surface area contributed by atoms with Crippen molar-refractivity contribution in [3.8, 4) is 0 Å². The van der Waals surface area contributed by atoms with Crippen LogP contribution in [0.25, 0.3) is 11.2 Å². The molecule has 3 aromatic rings. The number of aromatic nitrogens is 4. The molecule has 0 saturated heterocycles. The molecule has 0 saturated carbocycles. The van der Waals surface area contributed by atoms with Gasteiger partial charge in [-0.1, -0.05) is 30.3 Å². The molecule has 0 fully saturated rings. The standard InChI is InChI=1S/C15H16N4O2/c1-10(11-7-5-4-6-8-11)19-9-16-13-12(19)14(20)18(3)15(21)17(13)2/h4-10H,1-3H3. The quantitative estimate of drug-likeness (QED) is 0.706. The molecule has 1 aromatic carbocycles. The number of aryl methyl sites for hydroxylation is 1. The van der Waals surface area contributed by atoms with Crippen molar-refractivity contribution in [2.45, 2.75) is 13.0 Å². The topological polar surface area (TPSA) is 61.8 Å². The molecule has 6 nitrogen and oxygen atoms in total. The highest BCUT2D eigenvalue weighted by atomic mass is 16.2. The van der Waals surface area contributed by atoms with E-state index in [0.29, 0.717) is 11.2 Å². The van der Waals surface area contributed by atoms with Crippen LogP contribution in [0.3, 0.4) is 0 Å². The van der Waals surface area contributed by atoms with Crippen LogP contribution in [-0.4, -0.2) is 18.7 Å². The van der Waals surface area contributed by atoms with Crippen LogP contribution in [-0.2, 0) is 14.1 Å². The maximum Gasteiger partial charge on any atom is 0.332 e. The summed E-state index contributed by atoms with van der Waals surface area (Å²) in [5.41, 5.74) is 1.23. The summed E-state index contributed by atoms with van der Waals surface area (Å²) < 4.78 is 4.32. The van der Waals surface area contributed by atoms with E-state index >= 15 is 0 Å². The number of nitrogens with zero attached hydrogens (tertiary/aromatic N) is 4. The van der Waals surface area contributed by atoms with E-state index in [0.717, 1.165) is 10.1 Å². The summed E-state index contributed by atoms with van der Waals surface area (Å²) in [6.07, 6.45) is 1.61. The smallest absolute Gasteiger partial charge is 0.317 e. The van der Waals surface area contributed by atoms with E-state index in [-0.39, 0.29) is 17.3 Å². The van der Waals surface area contributed by atoms with Crippen LogP contribution in [0.1, 0.15) is 18.5 Å². The average molecular weight is 284 g/mol. The van der Waals surface area contributed by atoms with Gasteiger partial charge >= 0.3 is 5.69 Å². The summed E-state index contributed by atoms with van der Waals surface area (Å²) in [4.78, 5) is 28.6. The summed E-state index contributed by atoms with van der Waals surface area (Å²) in [5.74, 6) is 0. The van der Waals surface area contributed by atoms with E-state index in [4.69, 9.17) is 0 Å². The van der Waals surface area contributed by atoms with Crippen molar-refractivity contribution >= 4 is 11.2 Å². The van der Waals surface area contributed by atoms with Crippen LogP contribution >= 0.6 is 0 Å². The van der Waals surface area contributed by atoms with E-state index in [2.05, 4.69) is 4.98 Å². The Bertz CT molecular complexity index is 918. The summed E-state index contributed by atoms with van der Waals surface area (Å²) in [7, 11) is 3.10. The molecular formula is C15H16N4O2. The minimum absolute atomic E-state index is 0.0404. The zero-order chi connectivity index (χ0) is 15.1. The lowest BCUT2D eigenvalue weighted by Crippen LogP contribution is -2.37. The zero-order valence-corrected chi connectivity index (χ0v) is 12.1. The first-order chi connectivity index (χ1) is 10.0. The molecule has 1 unspecified atom stereocenters. The molecule has 0 N–H and O–H groups in total. The van der Waals surface area contributed by atoms with Gasteiger partial charge in [-0.05, 0) is 12.5 Å². The first-order valence-electron chi connectivity index (χ1n) is 6.70. The highest BCUT2D eigenvalue weighted by Crippen LogP contribution is 2.20. The lowest BCUT2D eigenvalue weighted by molar-refractivity contribution is 0.646. The Morgan fingerprint density at radius 1 is 1.05 bits per heavy atom. The van der Waals surface area contributed by atoms with Gasteiger partial charge in [-0.25, -0.2) is 9.78 Å². The molecule has 0 spiro atoms. The first-order valence-corrected chi connectivity index (χ1v) is 6.70. The number of hydrogen-bond donors (Lipinski definition) is 0. The Labute approximate surface area is 120 Å². The van der Waals surface area contributed by atoms with Crippen molar-refractivity contribution in [3.63, 3.8) is 0 Å². The number of benzene rings is 1. The Morgan fingerprint density at radius 3 is 2.38 bits per heavy atom. The van der Waals surface area contributed by atoms with Gasteiger partial charge in [0, 0.05) is 14.1 Å². The highest BCUT2D eigenvalue weighted by molar-refractivity contribution is 5.70. The highest BCUT2D eigenvalue weighted by Gasteiger charge is 2.18. The molecule has 2 aromatic heterocycles. The summed E-state index contributed by atoms with van der Waals surface area (Å²) in [5, 5.41) is 0. The van der Waals surface area contributed by atoms with E-state index in [9.17, 15) is 9.59 Å². The predicted octanol–water partition coefficient (Wildman–Crippen LogP) is 1.04. The minimum Gasteiger partial charge on any atom is -0.317 e. The lowest BCUT2D eigenvalue weighted by Gasteiger charge is -2.15. The van der Waals surface area contributed by atoms with Crippen molar-refractivity contribution < 1.29 is 0 Å². The molecule has 3 rings (SSSR count). The van der Waals surface area contributed by atoms with Gasteiger partial charge in [-0.2, -0.15) is 0 Å². The second-order valence-electron chi connectivity index (χ2n) is 5.12. The molecule has 0 aliphatic carbocycles. The number of rotatable bonds is 2. The van der Waals surface area contributed by atoms with Crippen molar-refractivity contribution in [3.05, 3.63) is 63.1 Å². The fourth-order valence-corrected chi connectivity index (χ4v) is 2.55. The van der Waals surface area contributed by atoms with Gasteiger partial charge in [0.05, 0.1) is 12.4 Å². The van der Waals surface area contributed by atoms with Crippen molar-refractivity contribution in [1.29, 1.82) is 0 Å². The van der Waals surface area contributed by atoms with Crippen molar-refractivity contribution in [2.24, 2.45) is 14.1 Å².